The van der Waals surface area contributed by atoms with Gasteiger partial charge in [-0.15, -0.1) is 0 Å². The summed E-state index contributed by atoms with van der Waals surface area (Å²) in [4.78, 5) is 4.40. The Hall–Kier alpha value is -0.840. The zero-order valence-electron chi connectivity index (χ0n) is 7.08. The second kappa shape index (κ2) is 3.14. The Labute approximate surface area is 89.8 Å². The molecular formula is C10H8INO. The van der Waals surface area contributed by atoms with Gasteiger partial charge in [0.1, 0.15) is 5.75 Å². The number of rotatable bonds is 0. The Kier molecular flexibility index (Phi) is 2.11. The predicted molar refractivity (Wildman–Crippen MR) is 60.9 cm³/mol. The van der Waals surface area contributed by atoms with E-state index in [2.05, 4.69) is 27.6 Å². The van der Waals surface area contributed by atoms with Crippen LogP contribution in [0.5, 0.6) is 5.75 Å². The molecule has 0 spiro atoms. The molecule has 2 rings (SSSR count). The van der Waals surface area contributed by atoms with Crippen molar-refractivity contribution in [2.24, 2.45) is 0 Å². The fourth-order valence-electron chi connectivity index (χ4n) is 1.23. The van der Waals surface area contributed by atoms with E-state index in [1.54, 1.807) is 12.1 Å². The smallest absolute Gasteiger partial charge is 0.116 e. The van der Waals surface area contributed by atoms with Crippen LogP contribution in [0.15, 0.2) is 24.3 Å². The van der Waals surface area contributed by atoms with E-state index in [4.69, 9.17) is 0 Å². The number of hydrogen-bond acceptors (Lipinski definition) is 2. The maximum absolute atomic E-state index is 9.26. The quantitative estimate of drug-likeness (QED) is 0.755. The maximum atomic E-state index is 9.26. The third-order valence-electron chi connectivity index (χ3n) is 1.93. The predicted octanol–water partition coefficient (Wildman–Crippen LogP) is 2.85. The van der Waals surface area contributed by atoms with Crippen LogP contribution in [-0.2, 0) is 0 Å². The molecule has 1 heterocycles. The molecule has 3 heteroatoms. The molecule has 0 amide bonds. The molecule has 0 aliphatic heterocycles. The molecule has 0 saturated carbocycles. The van der Waals surface area contributed by atoms with Crippen LogP contribution in [-0.4, -0.2) is 10.1 Å². The van der Waals surface area contributed by atoms with Crippen LogP contribution in [0.25, 0.3) is 10.9 Å². The molecule has 0 saturated heterocycles. The van der Waals surface area contributed by atoms with Gasteiger partial charge in [0.2, 0.25) is 0 Å². The number of aryl methyl sites for hydroxylation is 1. The van der Waals surface area contributed by atoms with E-state index in [1.807, 2.05) is 19.1 Å². The first-order valence-corrected chi connectivity index (χ1v) is 5.00. The van der Waals surface area contributed by atoms with Gasteiger partial charge < -0.3 is 5.11 Å². The van der Waals surface area contributed by atoms with Crippen molar-refractivity contribution in [1.29, 1.82) is 0 Å². The standard InChI is InChI=1S/C10H8INO/c1-6-9(11)5-7-4-8(13)2-3-10(7)12-6/h2-5,13H,1H3. The Morgan fingerprint density at radius 2 is 2.08 bits per heavy atom. The molecule has 0 radical (unpaired) electrons. The van der Waals surface area contributed by atoms with E-state index in [-0.39, 0.29) is 5.75 Å². The fourth-order valence-corrected chi connectivity index (χ4v) is 1.69. The first-order valence-electron chi connectivity index (χ1n) is 3.93. The molecule has 0 aliphatic rings. The van der Waals surface area contributed by atoms with Gasteiger partial charge in [0.15, 0.2) is 0 Å². The molecule has 0 unspecified atom stereocenters. The van der Waals surface area contributed by atoms with E-state index in [1.165, 1.54) is 0 Å². The monoisotopic (exact) mass is 285 g/mol. The van der Waals surface area contributed by atoms with E-state index in [0.29, 0.717) is 0 Å². The molecule has 0 aliphatic carbocycles. The largest absolute Gasteiger partial charge is 0.508 e. The molecule has 2 aromatic rings. The number of aromatic nitrogens is 1. The lowest BCUT2D eigenvalue weighted by Gasteiger charge is -2.01. The van der Waals surface area contributed by atoms with Gasteiger partial charge in [0, 0.05) is 8.96 Å². The Morgan fingerprint density at radius 1 is 1.31 bits per heavy atom. The average molecular weight is 285 g/mol. The van der Waals surface area contributed by atoms with Crippen molar-refractivity contribution in [1.82, 2.24) is 4.98 Å². The highest BCUT2D eigenvalue weighted by Gasteiger charge is 2.00. The number of nitrogens with zero attached hydrogens (tertiary/aromatic N) is 1. The second-order valence-corrected chi connectivity index (χ2v) is 4.09. The van der Waals surface area contributed by atoms with Crippen LogP contribution >= 0.6 is 22.6 Å². The first kappa shape index (κ1) is 8.74. The first-order chi connectivity index (χ1) is 6.16. The topological polar surface area (TPSA) is 33.1 Å². The lowest BCUT2D eigenvalue weighted by Crippen LogP contribution is -1.87. The zero-order valence-corrected chi connectivity index (χ0v) is 9.24. The van der Waals surface area contributed by atoms with Crippen molar-refractivity contribution in [3.05, 3.63) is 33.5 Å². The van der Waals surface area contributed by atoms with Crippen LogP contribution in [0.2, 0.25) is 0 Å². The highest BCUT2D eigenvalue weighted by atomic mass is 127. The molecule has 0 fully saturated rings. The maximum Gasteiger partial charge on any atom is 0.116 e. The van der Waals surface area contributed by atoms with Gasteiger partial charge in [0.25, 0.3) is 0 Å². The minimum absolute atomic E-state index is 0.286. The number of phenols is 1. The van der Waals surface area contributed by atoms with Crippen molar-refractivity contribution < 1.29 is 5.11 Å². The van der Waals surface area contributed by atoms with Gasteiger partial charge in [0.05, 0.1) is 11.2 Å². The summed E-state index contributed by atoms with van der Waals surface area (Å²) in [5.41, 5.74) is 1.95. The van der Waals surface area contributed by atoms with Crippen LogP contribution < -0.4 is 0 Å². The van der Waals surface area contributed by atoms with E-state index >= 15 is 0 Å². The normalized spacial score (nSPS) is 10.6. The highest BCUT2D eigenvalue weighted by molar-refractivity contribution is 14.1. The Balaban J connectivity index is 2.81. The second-order valence-electron chi connectivity index (χ2n) is 2.93. The van der Waals surface area contributed by atoms with Gasteiger partial charge in [-0.2, -0.15) is 0 Å². The summed E-state index contributed by atoms with van der Waals surface area (Å²) in [6.07, 6.45) is 0. The van der Waals surface area contributed by atoms with Crippen LogP contribution in [0.1, 0.15) is 5.69 Å². The Morgan fingerprint density at radius 3 is 2.85 bits per heavy atom. The molecule has 1 N–H and O–H groups in total. The SMILES string of the molecule is Cc1nc2ccc(O)cc2cc1I. The molecule has 0 atom stereocenters. The fraction of sp³-hybridized carbons (Fsp3) is 0.100. The van der Waals surface area contributed by atoms with E-state index in [9.17, 15) is 5.11 Å². The number of benzene rings is 1. The van der Waals surface area contributed by atoms with Crippen molar-refractivity contribution in [3.63, 3.8) is 0 Å². The van der Waals surface area contributed by atoms with Crippen LogP contribution in [0.4, 0.5) is 0 Å². The number of aromatic hydroxyl groups is 1. The number of hydrogen-bond donors (Lipinski definition) is 1. The van der Waals surface area contributed by atoms with Crippen molar-refractivity contribution >= 4 is 33.5 Å². The lowest BCUT2D eigenvalue weighted by atomic mass is 10.2. The van der Waals surface area contributed by atoms with Gasteiger partial charge in [-0.3, -0.25) is 4.98 Å². The summed E-state index contributed by atoms with van der Waals surface area (Å²) < 4.78 is 1.12. The van der Waals surface area contributed by atoms with Crippen molar-refractivity contribution in [2.45, 2.75) is 6.92 Å². The molecule has 2 nitrogen and oxygen atoms in total. The summed E-state index contributed by atoms with van der Waals surface area (Å²) in [6.45, 7) is 1.98. The molecule has 13 heavy (non-hydrogen) atoms. The van der Waals surface area contributed by atoms with Crippen molar-refractivity contribution in [3.8, 4) is 5.75 Å². The van der Waals surface area contributed by atoms with Gasteiger partial charge in [-0.05, 0) is 53.8 Å². The average Bonchev–Trinajstić information content (AvgIpc) is 2.08. The summed E-state index contributed by atoms with van der Waals surface area (Å²) >= 11 is 2.24. The molecule has 0 bridgehead atoms. The lowest BCUT2D eigenvalue weighted by molar-refractivity contribution is 0.476. The zero-order chi connectivity index (χ0) is 9.42. The third-order valence-corrected chi connectivity index (χ3v) is 3.02. The van der Waals surface area contributed by atoms with Crippen molar-refractivity contribution in [2.75, 3.05) is 0 Å². The van der Waals surface area contributed by atoms with Gasteiger partial charge in [-0.1, -0.05) is 0 Å². The molecular weight excluding hydrogens is 277 g/mol. The molecule has 1 aromatic heterocycles. The minimum atomic E-state index is 0.286. The minimum Gasteiger partial charge on any atom is -0.508 e. The summed E-state index contributed by atoms with van der Waals surface area (Å²) in [7, 11) is 0. The molecule has 66 valence electrons. The summed E-state index contributed by atoms with van der Waals surface area (Å²) in [5.74, 6) is 0.286. The van der Waals surface area contributed by atoms with Gasteiger partial charge >= 0.3 is 0 Å². The number of halogens is 1. The Bertz CT molecular complexity index is 468. The number of pyridine rings is 1. The number of phenolic OH excluding ortho intramolecular Hbond substituents is 1. The number of fused-ring (bicyclic) bond motifs is 1. The van der Waals surface area contributed by atoms with Crippen LogP contribution in [0.3, 0.4) is 0 Å². The van der Waals surface area contributed by atoms with Gasteiger partial charge in [-0.25, -0.2) is 0 Å². The van der Waals surface area contributed by atoms with E-state index in [0.717, 1.165) is 20.2 Å². The van der Waals surface area contributed by atoms with E-state index < -0.39 is 0 Å². The highest BCUT2D eigenvalue weighted by Crippen LogP contribution is 2.21. The third kappa shape index (κ3) is 1.60. The van der Waals surface area contributed by atoms with Crippen LogP contribution in [0, 0.1) is 10.5 Å². The summed E-state index contributed by atoms with van der Waals surface area (Å²) in [6, 6.07) is 7.23. The molecule has 1 aromatic carbocycles. The summed E-state index contributed by atoms with van der Waals surface area (Å²) in [5, 5.41) is 10.2.